The average molecular weight is 1130 g/mol. The first-order chi connectivity index (χ1) is 43.7. The zero-order chi connectivity index (χ0) is 57.8. The number of ether oxygens (including phenoxy) is 3. The maximum absolute atomic E-state index is 7.60. The van der Waals surface area contributed by atoms with Crippen LogP contribution in [0.5, 0.6) is 34.5 Å². The smallest absolute Gasteiger partial charge is 0.256 e. The first-order valence-corrected chi connectivity index (χ1v) is 30.0. The molecule has 0 aliphatic carbocycles. The molecule has 0 bridgehead atoms. The Kier molecular flexibility index (Phi) is 11.3. The number of benzene rings is 13. The van der Waals surface area contributed by atoms with Crippen molar-refractivity contribution in [2.75, 3.05) is 24.5 Å². The summed E-state index contributed by atoms with van der Waals surface area (Å²) in [7, 11) is 0. The van der Waals surface area contributed by atoms with E-state index in [1.165, 1.54) is 10.9 Å². The molecule has 5 heterocycles. The molecule has 0 amide bonds. The Morgan fingerprint density at radius 2 is 0.580 bits per heavy atom. The molecular formula is C78H51B2N5O3. The topological polar surface area (TPSA) is 43.9 Å². The second-order valence-electron chi connectivity index (χ2n) is 22.8. The summed E-state index contributed by atoms with van der Waals surface area (Å²) >= 11 is 0. The fourth-order valence-corrected chi connectivity index (χ4v) is 14.2. The van der Waals surface area contributed by atoms with Gasteiger partial charge in [0.15, 0.2) is 11.5 Å². The first kappa shape index (κ1) is 49.8. The van der Waals surface area contributed by atoms with Crippen LogP contribution in [0.25, 0.3) is 0 Å². The lowest BCUT2D eigenvalue weighted by molar-refractivity contribution is 0.476. The minimum Gasteiger partial charge on any atom is -0.458 e. The molecule has 5 aliphatic heterocycles. The van der Waals surface area contributed by atoms with Gasteiger partial charge in [0.1, 0.15) is 23.0 Å². The SMILES string of the molecule is c1ccc(N(c2ccccc2)c2cc3c4c(c2)N(c2ccccc2)c2cc5c(cc2B4c2ccccc2O3)B2c3ccc(N4c6ccccc6Oc6ccccc64)cc3Oc3cc(N(c4ccccc4)c4ccccc4)cc(c32)N5c2ccccc2)cc1. The Morgan fingerprint density at radius 3 is 1.05 bits per heavy atom. The van der Waals surface area contributed by atoms with Gasteiger partial charge in [0.05, 0.1) is 28.4 Å². The Hall–Kier alpha value is -11.6. The van der Waals surface area contributed by atoms with Crippen LogP contribution in [-0.2, 0) is 0 Å². The summed E-state index contributed by atoms with van der Waals surface area (Å²) in [6, 6.07) is 110. The molecule has 0 saturated heterocycles. The van der Waals surface area contributed by atoms with Gasteiger partial charge in [0.25, 0.3) is 13.4 Å². The van der Waals surface area contributed by atoms with Crippen molar-refractivity contribution in [3.63, 3.8) is 0 Å². The number of rotatable bonds is 9. The van der Waals surface area contributed by atoms with Crippen molar-refractivity contribution < 1.29 is 14.2 Å². The Labute approximate surface area is 511 Å². The molecule has 8 nitrogen and oxygen atoms in total. The molecule has 0 atom stereocenters. The Bertz CT molecular complexity index is 4760. The van der Waals surface area contributed by atoms with Crippen molar-refractivity contribution in [2.24, 2.45) is 0 Å². The van der Waals surface area contributed by atoms with Crippen molar-refractivity contribution in [1.82, 2.24) is 0 Å². The summed E-state index contributed by atoms with van der Waals surface area (Å²) in [6.45, 7) is -0.467. The van der Waals surface area contributed by atoms with Gasteiger partial charge in [-0.2, -0.15) is 0 Å². The van der Waals surface area contributed by atoms with Crippen LogP contribution in [0.4, 0.5) is 85.3 Å². The third-order valence-corrected chi connectivity index (χ3v) is 17.8. The van der Waals surface area contributed by atoms with Gasteiger partial charge >= 0.3 is 0 Å². The minimum atomic E-state index is -0.267. The van der Waals surface area contributed by atoms with Crippen LogP contribution >= 0.6 is 0 Å². The molecule has 0 N–H and O–H groups in total. The van der Waals surface area contributed by atoms with Gasteiger partial charge in [-0.15, -0.1) is 0 Å². The molecule has 0 aromatic heterocycles. The summed E-state index contributed by atoms with van der Waals surface area (Å²) in [5.41, 5.74) is 22.0. The lowest BCUT2D eigenvalue weighted by atomic mass is 9.31. The first-order valence-electron chi connectivity index (χ1n) is 30.0. The van der Waals surface area contributed by atoms with Crippen LogP contribution in [0, 0.1) is 0 Å². The zero-order valence-corrected chi connectivity index (χ0v) is 47.6. The van der Waals surface area contributed by atoms with Gasteiger partial charge in [0, 0.05) is 75.1 Å². The molecule has 0 saturated carbocycles. The van der Waals surface area contributed by atoms with Crippen molar-refractivity contribution >= 4 is 132 Å². The second kappa shape index (κ2) is 20.0. The van der Waals surface area contributed by atoms with E-state index in [-0.39, 0.29) is 13.4 Å². The van der Waals surface area contributed by atoms with Gasteiger partial charge < -0.3 is 38.7 Å². The van der Waals surface area contributed by atoms with Crippen molar-refractivity contribution in [1.29, 1.82) is 0 Å². The highest BCUT2D eigenvalue weighted by Crippen LogP contribution is 2.53. The van der Waals surface area contributed by atoms with Crippen molar-refractivity contribution in [3.05, 3.63) is 309 Å². The van der Waals surface area contributed by atoms with E-state index < -0.39 is 0 Å². The minimum absolute atomic E-state index is 0.201. The monoisotopic (exact) mass is 1130 g/mol. The largest absolute Gasteiger partial charge is 0.458 e. The van der Waals surface area contributed by atoms with Gasteiger partial charge in [-0.1, -0.05) is 164 Å². The van der Waals surface area contributed by atoms with E-state index in [1.807, 2.05) is 24.3 Å². The predicted molar refractivity (Wildman–Crippen MR) is 362 cm³/mol. The second-order valence-corrected chi connectivity index (χ2v) is 22.8. The number of nitrogens with zero attached hydrogens (tertiary/aromatic N) is 5. The highest BCUT2D eigenvalue weighted by atomic mass is 16.5. The van der Waals surface area contributed by atoms with Gasteiger partial charge in [-0.3, -0.25) is 0 Å². The molecule has 18 rings (SSSR count). The lowest BCUT2D eigenvalue weighted by Crippen LogP contribution is -2.63. The van der Waals surface area contributed by atoms with Crippen LogP contribution in [0.3, 0.4) is 0 Å². The highest BCUT2D eigenvalue weighted by molar-refractivity contribution is 7.02. The van der Waals surface area contributed by atoms with E-state index in [0.717, 1.165) is 142 Å². The molecular weight excluding hydrogens is 1080 g/mol. The summed E-state index contributed by atoms with van der Waals surface area (Å²) in [6.07, 6.45) is 0. The summed E-state index contributed by atoms with van der Waals surface area (Å²) in [5, 5.41) is 0. The van der Waals surface area contributed by atoms with Crippen LogP contribution in [0.15, 0.2) is 309 Å². The molecule has 412 valence electrons. The summed E-state index contributed by atoms with van der Waals surface area (Å²) < 4.78 is 21.4. The Morgan fingerprint density at radius 1 is 0.216 bits per heavy atom. The molecule has 13 aromatic rings. The number of hydrogen-bond donors (Lipinski definition) is 0. The molecule has 0 fully saturated rings. The van der Waals surface area contributed by atoms with Gasteiger partial charge in [0.2, 0.25) is 0 Å². The van der Waals surface area contributed by atoms with Crippen LogP contribution in [0.1, 0.15) is 0 Å². The molecule has 5 aliphatic rings. The molecule has 10 heteroatoms. The summed E-state index contributed by atoms with van der Waals surface area (Å²) in [5.74, 6) is 4.81. The van der Waals surface area contributed by atoms with Gasteiger partial charge in [-0.25, -0.2) is 0 Å². The number of fused-ring (bicyclic) bond motifs is 10. The van der Waals surface area contributed by atoms with E-state index in [0.29, 0.717) is 0 Å². The van der Waals surface area contributed by atoms with E-state index >= 15 is 0 Å². The Balaban J connectivity index is 0.922. The normalized spacial score (nSPS) is 13.2. The third-order valence-electron chi connectivity index (χ3n) is 17.8. The maximum atomic E-state index is 7.60. The van der Waals surface area contributed by atoms with Crippen LogP contribution < -0.4 is 71.5 Å². The van der Waals surface area contributed by atoms with E-state index in [4.69, 9.17) is 14.2 Å². The van der Waals surface area contributed by atoms with E-state index in [1.54, 1.807) is 0 Å². The third kappa shape index (κ3) is 7.82. The van der Waals surface area contributed by atoms with Gasteiger partial charge in [-0.05, 0) is 160 Å². The van der Waals surface area contributed by atoms with E-state index in [9.17, 15) is 0 Å². The number of para-hydroxylation sites is 11. The molecule has 0 unspecified atom stereocenters. The van der Waals surface area contributed by atoms with Crippen LogP contribution in [-0.4, -0.2) is 13.4 Å². The fourth-order valence-electron chi connectivity index (χ4n) is 14.2. The van der Waals surface area contributed by atoms with Crippen molar-refractivity contribution in [3.8, 4) is 34.5 Å². The zero-order valence-electron chi connectivity index (χ0n) is 47.6. The molecule has 0 radical (unpaired) electrons. The molecule has 88 heavy (non-hydrogen) atoms. The lowest BCUT2D eigenvalue weighted by Gasteiger charge is -2.45. The molecule has 13 aromatic carbocycles. The highest BCUT2D eigenvalue weighted by Gasteiger charge is 2.48. The maximum Gasteiger partial charge on any atom is 0.256 e. The summed E-state index contributed by atoms with van der Waals surface area (Å²) in [4.78, 5) is 11.9. The fraction of sp³-hybridized carbons (Fsp3) is 0. The van der Waals surface area contributed by atoms with Crippen LogP contribution in [0.2, 0.25) is 0 Å². The number of hydrogen-bond acceptors (Lipinski definition) is 8. The quantitative estimate of drug-likeness (QED) is 0.133. The van der Waals surface area contributed by atoms with E-state index in [2.05, 4.69) is 310 Å². The standard InChI is InChI=1S/C78H51B2N5O3/c1-7-25-52(26-8-1)81(53-27-9-2-10-28-53)59-45-69-77-75(48-59)86-71-40-22-19-37-61(71)79(77)63-50-64-68(51-67(63)83(69)56-33-15-5-16-34-56)84(57-35-17-6-18-36-57)70-46-60(82(54-29-11-3-12-30-54)55-31-13-4-14-32-55)49-76-78(70)80(64)62-44-43-58(47-74(62)88-76)85-65-38-20-23-41-72(65)87-73-42-24-21-39-66(73)85/h1-51H. The number of anilines is 15. The predicted octanol–water partition coefficient (Wildman–Crippen LogP) is 17.0. The molecule has 0 spiro atoms. The average Bonchev–Trinajstić information content (AvgIpc) is 0.708. The van der Waals surface area contributed by atoms with Crippen molar-refractivity contribution in [2.45, 2.75) is 0 Å².